The predicted octanol–water partition coefficient (Wildman–Crippen LogP) is 3.56. The van der Waals surface area contributed by atoms with Crippen molar-refractivity contribution in [2.75, 3.05) is 0 Å². The van der Waals surface area contributed by atoms with Gasteiger partial charge in [-0.2, -0.15) is 0 Å². The van der Waals surface area contributed by atoms with Crippen molar-refractivity contribution in [2.24, 2.45) is 0 Å². The maximum atomic E-state index is 12.8. The zero-order valence-corrected chi connectivity index (χ0v) is 13.6. The summed E-state index contributed by atoms with van der Waals surface area (Å²) in [6, 6.07) is 11.6. The highest BCUT2D eigenvalue weighted by molar-refractivity contribution is 5.90. The minimum Gasteiger partial charge on any atom is -0.360 e. The van der Waals surface area contributed by atoms with E-state index in [4.69, 9.17) is 0 Å². The molecule has 0 unspecified atom stereocenters. The Balaban J connectivity index is 1.94. The Labute approximate surface area is 150 Å². The van der Waals surface area contributed by atoms with E-state index in [2.05, 4.69) is 9.97 Å². The van der Waals surface area contributed by atoms with Gasteiger partial charge in [0.25, 0.3) is 11.4 Å². The van der Waals surface area contributed by atoms with Gasteiger partial charge >= 0.3 is 0 Å². The summed E-state index contributed by atoms with van der Waals surface area (Å²) in [6.07, 6.45) is 1.47. The highest BCUT2D eigenvalue weighted by atomic mass is 16.6. The van der Waals surface area contributed by atoms with Crippen LogP contribution in [0.3, 0.4) is 0 Å². The molecule has 4 rings (SSSR count). The van der Waals surface area contributed by atoms with E-state index >= 15 is 0 Å². The molecule has 4 aromatic rings. The Hall–Kier alpha value is -4.14. The molecule has 0 saturated carbocycles. The van der Waals surface area contributed by atoms with Gasteiger partial charge in [-0.3, -0.25) is 25.0 Å². The fourth-order valence-corrected chi connectivity index (χ4v) is 2.96. The average molecular weight is 362 g/mol. The predicted molar refractivity (Wildman–Crippen MR) is 98.6 cm³/mol. The lowest BCUT2D eigenvalue weighted by atomic mass is 10.1. The molecule has 27 heavy (non-hydrogen) atoms. The van der Waals surface area contributed by atoms with Crippen LogP contribution in [0.25, 0.3) is 33.1 Å². The van der Waals surface area contributed by atoms with Crippen LogP contribution in [0.1, 0.15) is 0 Å². The molecule has 0 aliphatic heterocycles. The molecule has 0 amide bonds. The first-order valence-corrected chi connectivity index (χ1v) is 7.80. The number of nitrogens with one attached hydrogen (secondary N) is 1. The van der Waals surface area contributed by atoms with Crippen molar-refractivity contribution in [3.8, 4) is 11.3 Å². The lowest BCUT2D eigenvalue weighted by molar-refractivity contribution is -0.384. The second kappa shape index (κ2) is 5.99. The van der Waals surface area contributed by atoms with Crippen molar-refractivity contribution >= 4 is 33.2 Å². The quantitative estimate of drug-likeness (QED) is 0.438. The maximum absolute atomic E-state index is 12.8. The third-order valence-electron chi connectivity index (χ3n) is 4.26. The summed E-state index contributed by atoms with van der Waals surface area (Å²) >= 11 is 0. The van der Waals surface area contributed by atoms with Gasteiger partial charge in [0, 0.05) is 29.9 Å². The van der Waals surface area contributed by atoms with Crippen LogP contribution in [0.5, 0.6) is 0 Å². The molecule has 0 bridgehead atoms. The van der Waals surface area contributed by atoms with E-state index in [1.807, 2.05) is 0 Å². The summed E-state index contributed by atoms with van der Waals surface area (Å²) in [5.41, 5.74) is 0.701. The minimum atomic E-state index is -0.570. The number of hydrogen-bond donors (Lipinski definition) is 1. The Morgan fingerprint density at radius 3 is 2.48 bits per heavy atom. The summed E-state index contributed by atoms with van der Waals surface area (Å²) in [6.45, 7) is 0. The standard InChI is InChI=1S/C18H10N4O5/c23-18-12-8-10(21(24)25)4-6-14(12)19-9-13(18)16-7-5-11-15(20-16)2-1-3-17(11)22(26)27/h1-9H,(H,19,23). The Morgan fingerprint density at radius 1 is 0.926 bits per heavy atom. The monoisotopic (exact) mass is 362 g/mol. The fourth-order valence-electron chi connectivity index (χ4n) is 2.96. The van der Waals surface area contributed by atoms with E-state index in [-0.39, 0.29) is 22.3 Å². The number of rotatable bonds is 3. The normalized spacial score (nSPS) is 11.0. The van der Waals surface area contributed by atoms with Crippen LogP contribution in [0.4, 0.5) is 11.4 Å². The third-order valence-corrected chi connectivity index (χ3v) is 4.26. The van der Waals surface area contributed by atoms with Crippen LogP contribution in [0.15, 0.2) is 59.5 Å². The molecule has 2 aromatic heterocycles. The number of nitro groups is 2. The van der Waals surface area contributed by atoms with Gasteiger partial charge in [-0.1, -0.05) is 6.07 Å². The molecule has 1 N–H and O–H groups in total. The first-order chi connectivity index (χ1) is 13.0. The van der Waals surface area contributed by atoms with Gasteiger partial charge < -0.3 is 4.98 Å². The second-order valence-corrected chi connectivity index (χ2v) is 5.82. The zero-order chi connectivity index (χ0) is 19.1. The van der Waals surface area contributed by atoms with Crippen LogP contribution in [-0.4, -0.2) is 19.8 Å². The Morgan fingerprint density at radius 2 is 1.74 bits per heavy atom. The molecular formula is C18H10N4O5. The highest BCUT2D eigenvalue weighted by Gasteiger charge is 2.15. The number of benzene rings is 2. The van der Waals surface area contributed by atoms with Gasteiger partial charge in [-0.25, -0.2) is 4.98 Å². The largest absolute Gasteiger partial charge is 0.360 e. The number of pyridine rings is 2. The summed E-state index contributed by atoms with van der Waals surface area (Å²) < 4.78 is 0. The van der Waals surface area contributed by atoms with E-state index in [0.717, 1.165) is 0 Å². The van der Waals surface area contributed by atoms with Crippen LogP contribution in [0.2, 0.25) is 0 Å². The smallest absolute Gasteiger partial charge is 0.278 e. The molecule has 0 aliphatic rings. The topological polar surface area (TPSA) is 132 Å². The third kappa shape index (κ3) is 2.67. The number of aromatic nitrogens is 2. The maximum Gasteiger partial charge on any atom is 0.278 e. The Bertz CT molecular complexity index is 1310. The van der Waals surface area contributed by atoms with Gasteiger partial charge in [-0.15, -0.1) is 0 Å². The van der Waals surface area contributed by atoms with Crippen molar-refractivity contribution in [1.82, 2.24) is 9.97 Å². The summed E-state index contributed by atoms with van der Waals surface area (Å²) in [7, 11) is 0. The lowest BCUT2D eigenvalue weighted by Crippen LogP contribution is -2.08. The number of nitrogens with zero attached hydrogens (tertiary/aromatic N) is 3. The van der Waals surface area contributed by atoms with Crippen LogP contribution in [0, 0.1) is 20.2 Å². The molecule has 0 spiro atoms. The highest BCUT2D eigenvalue weighted by Crippen LogP contribution is 2.27. The van der Waals surface area contributed by atoms with Gasteiger partial charge in [0.1, 0.15) is 0 Å². The van der Waals surface area contributed by atoms with Crippen LogP contribution >= 0.6 is 0 Å². The SMILES string of the molecule is O=c1c(-c2ccc3c([N+](=O)[O-])cccc3n2)c[nH]c2ccc([N+](=O)[O-])cc12. The first-order valence-electron chi connectivity index (χ1n) is 7.80. The van der Waals surface area contributed by atoms with Crippen LogP contribution < -0.4 is 5.43 Å². The number of aromatic amines is 1. The number of nitro benzene ring substituents is 2. The van der Waals surface area contributed by atoms with Gasteiger partial charge in [0.15, 0.2) is 5.43 Å². The average Bonchev–Trinajstić information content (AvgIpc) is 2.67. The first kappa shape index (κ1) is 16.3. The number of H-pyrrole nitrogens is 1. The molecule has 0 radical (unpaired) electrons. The van der Waals surface area contributed by atoms with Crippen molar-refractivity contribution in [2.45, 2.75) is 0 Å². The van der Waals surface area contributed by atoms with Gasteiger partial charge in [0.2, 0.25) is 0 Å². The molecule has 0 atom stereocenters. The Kier molecular flexibility index (Phi) is 3.62. The van der Waals surface area contributed by atoms with Crippen molar-refractivity contribution in [3.05, 3.63) is 85.2 Å². The van der Waals surface area contributed by atoms with E-state index in [9.17, 15) is 25.0 Å². The van der Waals surface area contributed by atoms with Crippen LogP contribution in [-0.2, 0) is 0 Å². The molecule has 9 nitrogen and oxygen atoms in total. The molecule has 132 valence electrons. The van der Waals surface area contributed by atoms with E-state index in [1.165, 1.54) is 48.7 Å². The van der Waals surface area contributed by atoms with Crippen molar-refractivity contribution in [1.29, 1.82) is 0 Å². The zero-order valence-electron chi connectivity index (χ0n) is 13.6. The van der Waals surface area contributed by atoms with Crippen molar-refractivity contribution < 1.29 is 9.85 Å². The number of non-ortho nitro benzene ring substituents is 2. The summed E-state index contributed by atoms with van der Waals surface area (Å²) in [4.78, 5) is 41.1. The van der Waals surface area contributed by atoms with Gasteiger partial charge in [-0.05, 0) is 24.3 Å². The second-order valence-electron chi connectivity index (χ2n) is 5.82. The van der Waals surface area contributed by atoms with Gasteiger partial charge in [0.05, 0.1) is 37.4 Å². The minimum absolute atomic E-state index is 0.0744. The van der Waals surface area contributed by atoms with Crippen molar-refractivity contribution in [3.63, 3.8) is 0 Å². The number of hydrogen-bond acceptors (Lipinski definition) is 6. The fraction of sp³-hybridized carbons (Fsp3) is 0. The summed E-state index contributed by atoms with van der Waals surface area (Å²) in [5, 5.41) is 22.6. The van der Waals surface area contributed by atoms with E-state index in [0.29, 0.717) is 22.1 Å². The summed E-state index contributed by atoms with van der Waals surface area (Å²) in [5.74, 6) is 0. The van der Waals surface area contributed by atoms with E-state index < -0.39 is 15.3 Å². The molecule has 0 fully saturated rings. The molecule has 0 saturated heterocycles. The molecule has 2 aromatic carbocycles. The molecular weight excluding hydrogens is 352 g/mol. The molecule has 0 aliphatic carbocycles. The lowest BCUT2D eigenvalue weighted by Gasteiger charge is -2.05. The number of fused-ring (bicyclic) bond motifs is 2. The molecule has 2 heterocycles. The van der Waals surface area contributed by atoms with E-state index in [1.54, 1.807) is 6.07 Å². The molecule has 9 heteroatoms.